The second kappa shape index (κ2) is 6.58. The zero-order valence-corrected chi connectivity index (χ0v) is 11.0. The van der Waals surface area contributed by atoms with E-state index in [0.29, 0.717) is 12.2 Å². The molecule has 0 aliphatic heterocycles. The molecule has 1 rings (SSSR count). The third kappa shape index (κ3) is 5.00. The molecule has 0 radical (unpaired) electrons. The highest BCUT2D eigenvalue weighted by atomic mass is 32.2. The summed E-state index contributed by atoms with van der Waals surface area (Å²) in [6.45, 7) is 0. The number of carboxylic acids is 1. The Bertz CT molecular complexity index is 694. The summed E-state index contributed by atoms with van der Waals surface area (Å²) in [4.78, 5) is 32.4. The molecule has 0 atom stereocenters. The Labute approximate surface area is 118 Å². The number of nitro benzene ring substituents is 1. The van der Waals surface area contributed by atoms with E-state index in [9.17, 15) is 28.1 Å². The Hall–Kier alpha value is -2.79. The third-order valence-electron chi connectivity index (χ3n) is 2.04. The van der Waals surface area contributed by atoms with E-state index in [4.69, 9.17) is 5.11 Å². The SMILES string of the molecule is O=C(O)/C=C/C(=O)NNS(=O)(=O)c1ccc([N+](=O)[O-])cc1. The van der Waals surface area contributed by atoms with Crippen LogP contribution in [0.15, 0.2) is 41.3 Å². The van der Waals surface area contributed by atoms with E-state index in [2.05, 4.69) is 0 Å². The lowest BCUT2D eigenvalue weighted by atomic mass is 10.3. The normalized spacial score (nSPS) is 11.2. The van der Waals surface area contributed by atoms with Crippen LogP contribution in [0.2, 0.25) is 0 Å². The average molecular weight is 315 g/mol. The number of hydrogen-bond acceptors (Lipinski definition) is 6. The van der Waals surface area contributed by atoms with Gasteiger partial charge >= 0.3 is 5.97 Å². The van der Waals surface area contributed by atoms with E-state index in [1.165, 1.54) is 0 Å². The number of nitro groups is 1. The van der Waals surface area contributed by atoms with Crippen LogP contribution >= 0.6 is 0 Å². The first-order chi connectivity index (χ1) is 9.72. The summed E-state index contributed by atoms with van der Waals surface area (Å²) in [6, 6.07) is 3.95. The average Bonchev–Trinajstić information content (AvgIpc) is 2.43. The van der Waals surface area contributed by atoms with Crippen molar-refractivity contribution in [3.8, 4) is 0 Å². The lowest BCUT2D eigenvalue weighted by Gasteiger charge is -2.06. The van der Waals surface area contributed by atoms with Crippen LogP contribution in [0, 0.1) is 10.1 Å². The number of nitrogens with zero attached hydrogens (tertiary/aromatic N) is 1. The van der Waals surface area contributed by atoms with E-state index in [-0.39, 0.29) is 10.6 Å². The minimum atomic E-state index is -4.12. The van der Waals surface area contributed by atoms with E-state index in [0.717, 1.165) is 24.3 Å². The molecule has 21 heavy (non-hydrogen) atoms. The van der Waals surface area contributed by atoms with Crippen LogP contribution in [-0.2, 0) is 19.6 Å². The van der Waals surface area contributed by atoms with Gasteiger partial charge in [0.2, 0.25) is 0 Å². The first-order valence-corrected chi connectivity index (χ1v) is 6.68. The molecule has 0 bridgehead atoms. The molecule has 1 aromatic carbocycles. The van der Waals surface area contributed by atoms with Gasteiger partial charge in [-0.05, 0) is 12.1 Å². The van der Waals surface area contributed by atoms with Crippen LogP contribution in [0.5, 0.6) is 0 Å². The Kier molecular flexibility index (Phi) is 5.10. The number of non-ortho nitro benzene ring substituents is 1. The Morgan fingerprint density at radius 1 is 1.19 bits per heavy atom. The second-order valence-corrected chi connectivity index (χ2v) is 5.20. The Balaban J connectivity index is 2.75. The summed E-state index contributed by atoms with van der Waals surface area (Å²) in [5.41, 5.74) is 1.46. The number of rotatable bonds is 6. The van der Waals surface area contributed by atoms with Crippen molar-refractivity contribution >= 4 is 27.6 Å². The van der Waals surface area contributed by atoms with Gasteiger partial charge in [0.1, 0.15) is 0 Å². The van der Waals surface area contributed by atoms with Gasteiger partial charge in [0, 0.05) is 24.3 Å². The molecule has 0 saturated heterocycles. The molecule has 10 nitrogen and oxygen atoms in total. The summed E-state index contributed by atoms with van der Waals surface area (Å²) >= 11 is 0. The number of carbonyl (C=O) groups excluding carboxylic acids is 1. The summed E-state index contributed by atoms with van der Waals surface area (Å²) in [5, 5.41) is 18.7. The van der Waals surface area contributed by atoms with Crippen molar-refractivity contribution in [3.05, 3.63) is 46.5 Å². The molecule has 0 fully saturated rings. The van der Waals surface area contributed by atoms with Crippen LogP contribution in [0.4, 0.5) is 5.69 Å². The van der Waals surface area contributed by atoms with Gasteiger partial charge in [-0.3, -0.25) is 20.3 Å². The fourth-order valence-corrected chi connectivity index (χ4v) is 1.96. The molecule has 0 aliphatic rings. The van der Waals surface area contributed by atoms with Gasteiger partial charge < -0.3 is 5.11 Å². The van der Waals surface area contributed by atoms with Crippen molar-refractivity contribution in [2.75, 3.05) is 0 Å². The summed E-state index contributed by atoms with van der Waals surface area (Å²) in [7, 11) is -4.12. The molecule has 11 heteroatoms. The van der Waals surface area contributed by atoms with E-state index < -0.39 is 26.8 Å². The summed E-state index contributed by atoms with van der Waals surface area (Å²) in [5.74, 6) is -2.37. The molecule has 1 amide bonds. The van der Waals surface area contributed by atoms with Crippen LogP contribution in [-0.4, -0.2) is 30.3 Å². The standard InChI is InChI=1S/C10H9N3O7S/c14-9(5-6-10(15)16)11-12-21(19,20)8-3-1-7(2-4-8)13(17)18/h1-6,12H,(H,11,14)(H,15,16)/b6-5+. The molecular formula is C10H9N3O7S. The molecule has 112 valence electrons. The fraction of sp³-hybridized carbons (Fsp3) is 0. The van der Waals surface area contributed by atoms with E-state index >= 15 is 0 Å². The number of hydrazine groups is 1. The van der Waals surface area contributed by atoms with Crippen LogP contribution in [0.25, 0.3) is 0 Å². The quantitative estimate of drug-likeness (QED) is 0.364. The minimum Gasteiger partial charge on any atom is -0.478 e. The molecule has 0 aliphatic carbocycles. The summed E-state index contributed by atoms with van der Waals surface area (Å²) in [6.07, 6.45) is 1.14. The predicted molar refractivity (Wildman–Crippen MR) is 68.3 cm³/mol. The number of nitrogens with one attached hydrogen (secondary N) is 2. The maximum absolute atomic E-state index is 11.7. The van der Waals surface area contributed by atoms with Crippen LogP contribution < -0.4 is 10.3 Å². The first-order valence-electron chi connectivity index (χ1n) is 5.19. The molecule has 0 saturated carbocycles. The lowest BCUT2D eigenvalue weighted by molar-refractivity contribution is -0.384. The van der Waals surface area contributed by atoms with Crippen molar-refractivity contribution in [1.29, 1.82) is 0 Å². The molecular weight excluding hydrogens is 306 g/mol. The fourth-order valence-electron chi connectivity index (χ4n) is 1.11. The molecule has 0 aromatic heterocycles. The number of sulfonamides is 1. The molecule has 1 aromatic rings. The van der Waals surface area contributed by atoms with Crippen LogP contribution in [0.3, 0.4) is 0 Å². The number of carboxylic acid groups (broad SMARTS) is 1. The smallest absolute Gasteiger partial charge is 0.328 e. The van der Waals surface area contributed by atoms with Gasteiger partial charge in [-0.15, -0.1) is 4.83 Å². The highest BCUT2D eigenvalue weighted by molar-refractivity contribution is 7.89. The van der Waals surface area contributed by atoms with E-state index in [1.807, 2.05) is 0 Å². The molecule has 0 heterocycles. The van der Waals surface area contributed by atoms with Crippen LogP contribution in [0.1, 0.15) is 0 Å². The van der Waals surface area contributed by atoms with Gasteiger partial charge in [-0.2, -0.15) is 0 Å². The second-order valence-electron chi connectivity index (χ2n) is 3.52. The van der Waals surface area contributed by atoms with Gasteiger partial charge in [0.15, 0.2) is 0 Å². The number of aliphatic carboxylic acids is 1. The topological polar surface area (TPSA) is 156 Å². The van der Waals surface area contributed by atoms with Crippen molar-refractivity contribution in [1.82, 2.24) is 10.3 Å². The number of benzene rings is 1. The summed E-state index contributed by atoms with van der Waals surface area (Å²) < 4.78 is 23.4. The van der Waals surface area contributed by atoms with Crippen molar-refractivity contribution in [2.45, 2.75) is 4.90 Å². The molecule has 0 spiro atoms. The highest BCUT2D eigenvalue weighted by Gasteiger charge is 2.16. The van der Waals surface area contributed by atoms with E-state index in [1.54, 1.807) is 10.3 Å². The van der Waals surface area contributed by atoms with Gasteiger partial charge in [0.25, 0.3) is 21.6 Å². The monoisotopic (exact) mass is 315 g/mol. The lowest BCUT2D eigenvalue weighted by Crippen LogP contribution is -2.40. The zero-order valence-electron chi connectivity index (χ0n) is 10.2. The van der Waals surface area contributed by atoms with Crippen molar-refractivity contribution in [3.63, 3.8) is 0 Å². The Morgan fingerprint density at radius 2 is 1.76 bits per heavy atom. The third-order valence-corrected chi connectivity index (χ3v) is 3.31. The van der Waals surface area contributed by atoms with Gasteiger partial charge in [0.05, 0.1) is 9.82 Å². The zero-order chi connectivity index (χ0) is 16.0. The largest absolute Gasteiger partial charge is 0.478 e. The molecule has 3 N–H and O–H groups in total. The first kappa shape index (κ1) is 16.3. The molecule has 0 unspecified atom stereocenters. The number of carbonyl (C=O) groups is 2. The van der Waals surface area contributed by atoms with Crippen molar-refractivity contribution in [2.24, 2.45) is 0 Å². The Morgan fingerprint density at radius 3 is 2.24 bits per heavy atom. The maximum atomic E-state index is 11.7. The van der Waals surface area contributed by atoms with Crippen molar-refractivity contribution < 1.29 is 28.0 Å². The predicted octanol–water partition coefficient (Wildman–Crippen LogP) is -0.455. The van der Waals surface area contributed by atoms with Gasteiger partial charge in [-0.1, -0.05) is 0 Å². The number of amides is 1. The van der Waals surface area contributed by atoms with Gasteiger partial charge in [-0.25, -0.2) is 13.2 Å². The highest BCUT2D eigenvalue weighted by Crippen LogP contribution is 2.15. The minimum absolute atomic E-state index is 0.289. The maximum Gasteiger partial charge on any atom is 0.328 e. The number of hydrogen-bond donors (Lipinski definition) is 3.